The van der Waals surface area contributed by atoms with Crippen molar-refractivity contribution in [3.05, 3.63) is 29.3 Å². The molecule has 14 heavy (non-hydrogen) atoms. The highest BCUT2D eigenvalue weighted by Crippen LogP contribution is 2.26. The number of fused-ring (bicyclic) bond motifs is 1. The van der Waals surface area contributed by atoms with Crippen molar-refractivity contribution in [1.82, 2.24) is 9.38 Å². The summed E-state index contributed by atoms with van der Waals surface area (Å²) in [5.74, 6) is 0.900. The molecule has 5 heteroatoms. The number of hydrogen-bond donors (Lipinski definition) is 2. The molecule has 4 nitrogen and oxygen atoms in total. The summed E-state index contributed by atoms with van der Waals surface area (Å²) in [6.07, 6.45) is 2.44. The van der Waals surface area contributed by atoms with E-state index >= 15 is 0 Å². The van der Waals surface area contributed by atoms with Crippen LogP contribution in [-0.4, -0.2) is 21.0 Å². The average molecular weight is 212 g/mol. The highest BCUT2D eigenvalue weighted by molar-refractivity contribution is 6.33. The zero-order valence-corrected chi connectivity index (χ0v) is 8.20. The molecule has 3 N–H and O–H groups in total. The van der Waals surface area contributed by atoms with Gasteiger partial charge in [0.05, 0.1) is 0 Å². The number of halogens is 1. The van der Waals surface area contributed by atoms with Gasteiger partial charge in [0, 0.05) is 12.6 Å². The van der Waals surface area contributed by atoms with Crippen LogP contribution in [-0.2, 0) is 6.42 Å². The molecule has 0 atom stereocenters. The first kappa shape index (κ1) is 9.30. The minimum absolute atomic E-state index is 0.133. The number of aromatic hydroxyl groups is 1. The minimum Gasteiger partial charge on any atom is -0.506 e. The molecule has 0 radical (unpaired) electrons. The predicted octanol–water partition coefficient (Wildman–Crippen LogP) is 1.19. The maximum absolute atomic E-state index is 9.56. The molecule has 0 bridgehead atoms. The molecule has 74 valence electrons. The van der Waals surface area contributed by atoms with E-state index in [2.05, 4.69) is 4.98 Å². The van der Waals surface area contributed by atoms with Gasteiger partial charge in [-0.05, 0) is 18.7 Å². The molecule has 0 aliphatic carbocycles. The van der Waals surface area contributed by atoms with Crippen molar-refractivity contribution in [3.63, 3.8) is 0 Å². The second kappa shape index (κ2) is 3.48. The smallest absolute Gasteiger partial charge is 0.158 e. The molecule has 0 saturated carbocycles. The van der Waals surface area contributed by atoms with Crippen LogP contribution in [0.25, 0.3) is 5.52 Å². The van der Waals surface area contributed by atoms with Crippen molar-refractivity contribution in [3.8, 4) is 5.75 Å². The fraction of sp³-hybridized carbons (Fsp3) is 0.222. The van der Waals surface area contributed by atoms with Crippen LogP contribution in [0.3, 0.4) is 0 Å². The zero-order valence-electron chi connectivity index (χ0n) is 7.44. The maximum Gasteiger partial charge on any atom is 0.158 e. The molecule has 0 aliphatic heterocycles. The maximum atomic E-state index is 9.56. The molecule has 2 aromatic heterocycles. The van der Waals surface area contributed by atoms with Crippen LogP contribution in [0.2, 0.25) is 5.15 Å². The Kier molecular flexibility index (Phi) is 2.31. The summed E-state index contributed by atoms with van der Waals surface area (Å²) >= 11 is 5.89. The van der Waals surface area contributed by atoms with Crippen molar-refractivity contribution < 1.29 is 5.11 Å². The first-order valence-corrected chi connectivity index (χ1v) is 4.66. The molecule has 0 aliphatic rings. The zero-order chi connectivity index (χ0) is 10.1. The van der Waals surface area contributed by atoms with E-state index in [4.69, 9.17) is 17.3 Å². The Morgan fingerprint density at radius 3 is 3.07 bits per heavy atom. The third-order valence-corrected chi connectivity index (χ3v) is 2.30. The van der Waals surface area contributed by atoms with E-state index in [1.165, 1.54) is 0 Å². The number of hydrogen-bond acceptors (Lipinski definition) is 3. The van der Waals surface area contributed by atoms with Gasteiger partial charge in [0.2, 0.25) is 0 Å². The second-order valence-electron chi connectivity index (χ2n) is 2.97. The van der Waals surface area contributed by atoms with Gasteiger partial charge in [0.1, 0.15) is 17.1 Å². The van der Waals surface area contributed by atoms with E-state index in [1.807, 2.05) is 0 Å². The van der Waals surface area contributed by atoms with E-state index in [-0.39, 0.29) is 5.75 Å². The minimum atomic E-state index is 0.133. The molecular weight excluding hydrogens is 202 g/mol. The highest BCUT2D eigenvalue weighted by atomic mass is 35.5. The summed E-state index contributed by atoms with van der Waals surface area (Å²) in [5.41, 5.74) is 5.98. The topological polar surface area (TPSA) is 63.5 Å². The van der Waals surface area contributed by atoms with Crippen LogP contribution < -0.4 is 5.73 Å². The number of nitrogens with two attached hydrogens (primary N) is 1. The lowest BCUT2D eigenvalue weighted by atomic mass is 10.3. The molecule has 2 aromatic rings. The largest absolute Gasteiger partial charge is 0.506 e. The molecule has 2 heterocycles. The van der Waals surface area contributed by atoms with E-state index in [0.29, 0.717) is 23.6 Å². The summed E-state index contributed by atoms with van der Waals surface area (Å²) < 4.78 is 1.75. The van der Waals surface area contributed by atoms with Gasteiger partial charge < -0.3 is 10.8 Å². The summed E-state index contributed by atoms with van der Waals surface area (Å²) in [7, 11) is 0. The number of pyridine rings is 1. The van der Waals surface area contributed by atoms with Gasteiger partial charge in [0.15, 0.2) is 5.15 Å². The molecule has 2 rings (SSSR count). The van der Waals surface area contributed by atoms with Crippen molar-refractivity contribution in [1.29, 1.82) is 0 Å². The third-order valence-electron chi connectivity index (χ3n) is 2.04. The van der Waals surface area contributed by atoms with Crippen LogP contribution >= 0.6 is 11.6 Å². The number of rotatable bonds is 2. The quantitative estimate of drug-likeness (QED) is 0.785. The fourth-order valence-corrected chi connectivity index (χ4v) is 1.73. The highest BCUT2D eigenvalue weighted by Gasteiger charge is 2.11. The molecular formula is C9H10ClN3O. The van der Waals surface area contributed by atoms with Crippen molar-refractivity contribution in [2.24, 2.45) is 5.73 Å². The Morgan fingerprint density at radius 2 is 2.36 bits per heavy atom. The van der Waals surface area contributed by atoms with Crippen molar-refractivity contribution >= 4 is 17.1 Å². The summed E-state index contributed by atoms with van der Waals surface area (Å²) in [5, 5.41) is 9.87. The number of aromatic nitrogens is 2. The normalized spacial score (nSPS) is 11.0. The molecule has 0 unspecified atom stereocenters. The number of nitrogens with zero attached hydrogens (tertiary/aromatic N) is 2. The van der Waals surface area contributed by atoms with E-state index in [0.717, 1.165) is 5.82 Å². The van der Waals surface area contributed by atoms with E-state index in [1.54, 1.807) is 22.7 Å². The average Bonchev–Trinajstić information content (AvgIpc) is 2.46. The monoisotopic (exact) mass is 211 g/mol. The summed E-state index contributed by atoms with van der Waals surface area (Å²) in [6.45, 7) is 0.505. The summed E-state index contributed by atoms with van der Waals surface area (Å²) in [6, 6.07) is 3.31. The lowest BCUT2D eigenvalue weighted by Gasteiger charge is -1.99. The SMILES string of the molecule is NCCc1nc(Cl)c2c(O)cccn12. The first-order chi connectivity index (χ1) is 6.74. The molecule has 0 amide bonds. The Balaban J connectivity index is 2.71. The van der Waals surface area contributed by atoms with Gasteiger partial charge >= 0.3 is 0 Å². The van der Waals surface area contributed by atoms with Gasteiger partial charge in [-0.1, -0.05) is 11.6 Å². The Hall–Kier alpha value is -1.26. The lowest BCUT2D eigenvalue weighted by Crippen LogP contribution is -2.06. The third kappa shape index (κ3) is 1.32. The van der Waals surface area contributed by atoms with Crippen LogP contribution in [0, 0.1) is 0 Å². The molecule has 0 fully saturated rings. The van der Waals surface area contributed by atoms with Crippen molar-refractivity contribution in [2.75, 3.05) is 6.54 Å². The van der Waals surface area contributed by atoms with Crippen LogP contribution in [0.15, 0.2) is 18.3 Å². The van der Waals surface area contributed by atoms with Gasteiger partial charge in [-0.3, -0.25) is 4.40 Å². The van der Waals surface area contributed by atoms with Crippen LogP contribution in [0.1, 0.15) is 5.82 Å². The first-order valence-electron chi connectivity index (χ1n) is 4.28. The van der Waals surface area contributed by atoms with Gasteiger partial charge in [-0.25, -0.2) is 4.98 Å². The van der Waals surface area contributed by atoms with E-state index < -0.39 is 0 Å². The Labute approximate surface area is 85.9 Å². The van der Waals surface area contributed by atoms with Crippen molar-refractivity contribution in [2.45, 2.75) is 6.42 Å². The molecule has 0 saturated heterocycles. The molecule has 0 aromatic carbocycles. The lowest BCUT2D eigenvalue weighted by molar-refractivity contribution is 0.479. The van der Waals surface area contributed by atoms with E-state index in [9.17, 15) is 5.11 Å². The number of imidazole rings is 1. The predicted molar refractivity (Wildman–Crippen MR) is 54.6 cm³/mol. The van der Waals surface area contributed by atoms with Gasteiger partial charge in [-0.15, -0.1) is 0 Å². The summed E-state index contributed by atoms with van der Waals surface area (Å²) in [4.78, 5) is 4.13. The Morgan fingerprint density at radius 1 is 1.57 bits per heavy atom. The fourth-order valence-electron chi connectivity index (χ4n) is 1.44. The van der Waals surface area contributed by atoms with Crippen LogP contribution in [0.4, 0.5) is 0 Å². The van der Waals surface area contributed by atoms with Crippen LogP contribution in [0.5, 0.6) is 5.75 Å². The second-order valence-corrected chi connectivity index (χ2v) is 3.33. The Bertz CT molecular complexity index is 466. The van der Waals surface area contributed by atoms with Gasteiger partial charge in [0.25, 0.3) is 0 Å². The standard InChI is InChI=1S/C9H10ClN3O/c10-9-8-6(14)2-1-5-13(8)7(12-9)3-4-11/h1-2,5,14H,3-4,11H2. The molecule has 0 spiro atoms. The van der Waals surface area contributed by atoms with Gasteiger partial charge in [-0.2, -0.15) is 0 Å².